The van der Waals surface area contributed by atoms with Crippen molar-refractivity contribution in [2.75, 3.05) is 6.54 Å². The fraction of sp³-hybridized carbons (Fsp3) is 0.632. The van der Waals surface area contributed by atoms with Crippen molar-refractivity contribution in [2.45, 2.75) is 63.7 Å². The Balaban J connectivity index is 5.35. The normalized spacial score (nSPS) is 14.1. The summed E-state index contributed by atoms with van der Waals surface area (Å²) in [7, 11) is 0. The third-order valence-electron chi connectivity index (χ3n) is 4.58. The van der Waals surface area contributed by atoms with Crippen molar-refractivity contribution >= 4 is 41.5 Å². The lowest BCUT2D eigenvalue weighted by Gasteiger charge is -2.26. The molecule has 0 saturated heterocycles. The van der Waals surface area contributed by atoms with Gasteiger partial charge in [-0.25, -0.2) is 4.79 Å². The van der Waals surface area contributed by atoms with Crippen molar-refractivity contribution in [2.24, 2.45) is 33.8 Å². The van der Waals surface area contributed by atoms with Gasteiger partial charge in [-0.3, -0.25) is 29.0 Å². The second-order valence-corrected chi connectivity index (χ2v) is 8.01. The van der Waals surface area contributed by atoms with E-state index in [1.807, 2.05) is 5.32 Å². The number of amides is 4. The van der Waals surface area contributed by atoms with Crippen molar-refractivity contribution in [3.8, 4) is 0 Å². The summed E-state index contributed by atoms with van der Waals surface area (Å²) in [5.74, 6) is -7.38. The first-order valence-corrected chi connectivity index (χ1v) is 10.6. The molecule has 0 spiro atoms. The van der Waals surface area contributed by atoms with Gasteiger partial charge in [-0.1, -0.05) is 13.8 Å². The van der Waals surface area contributed by atoms with Crippen LogP contribution in [0.5, 0.6) is 0 Å². The number of carboxylic acid groups (broad SMARTS) is 2. The molecule has 0 aliphatic carbocycles. The van der Waals surface area contributed by atoms with Gasteiger partial charge in [-0.2, -0.15) is 0 Å². The molecule has 0 rings (SSSR count). The van der Waals surface area contributed by atoms with E-state index in [4.69, 9.17) is 33.1 Å². The molecule has 0 radical (unpaired) electrons. The van der Waals surface area contributed by atoms with Gasteiger partial charge >= 0.3 is 11.9 Å². The minimum absolute atomic E-state index is 0.105. The highest BCUT2D eigenvalue weighted by atomic mass is 16.4. The van der Waals surface area contributed by atoms with E-state index in [9.17, 15) is 28.8 Å². The molecule has 0 fully saturated rings. The van der Waals surface area contributed by atoms with Crippen LogP contribution in [0.15, 0.2) is 4.99 Å². The fourth-order valence-corrected chi connectivity index (χ4v) is 2.76. The molecule has 16 heteroatoms. The average Bonchev–Trinajstić information content (AvgIpc) is 2.72. The summed E-state index contributed by atoms with van der Waals surface area (Å²) in [6, 6.07) is -5.61. The molecule has 0 aromatic rings. The second kappa shape index (κ2) is 15.0. The summed E-state index contributed by atoms with van der Waals surface area (Å²) in [6.45, 7) is 3.46. The van der Waals surface area contributed by atoms with Crippen LogP contribution in [-0.2, 0) is 28.8 Å². The van der Waals surface area contributed by atoms with Gasteiger partial charge in [-0.15, -0.1) is 0 Å². The van der Waals surface area contributed by atoms with E-state index in [2.05, 4.69) is 15.6 Å². The number of aliphatic imine (C=N–C) groups is 1. The van der Waals surface area contributed by atoms with Crippen molar-refractivity contribution in [1.82, 2.24) is 16.0 Å². The highest BCUT2D eigenvalue weighted by Gasteiger charge is 2.33. The molecule has 0 aromatic carbocycles. The maximum absolute atomic E-state index is 12.8. The van der Waals surface area contributed by atoms with E-state index in [1.54, 1.807) is 13.8 Å². The Morgan fingerprint density at radius 2 is 1.40 bits per heavy atom. The third kappa shape index (κ3) is 12.8. The van der Waals surface area contributed by atoms with E-state index in [-0.39, 0.29) is 18.9 Å². The Bertz CT molecular complexity index is 828. The van der Waals surface area contributed by atoms with Gasteiger partial charge in [0.2, 0.25) is 23.6 Å². The number of rotatable bonds is 16. The van der Waals surface area contributed by atoms with Crippen LogP contribution in [0.3, 0.4) is 0 Å². The van der Waals surface area contributed by atoms with Gasteiger partial charge in [0.25, 0.3) is 0 Å². The SMILES string of the molecule is CC(C)C(NC(=O)C(N)CCCN=C(N)N)C(=O)NC(CC(N)=O)C(=O)NC(CC(=O)O)C(=O)O. The van der Waals surface area contributed by atoms with E-state index in [0.29, 0.717) is 6.42 Å². The Labute approximate surface area is 201 Å². The number of hydrogen-bond donors (Lipinski definition) is 9. The van der Waals surface area contributed by atoms with Crippen LogP contribution < -0.4 is 38.9 Å². The molecule has 4 unspecified atom stereocenters. The predicted octanol–water partition coefficient (Wildman–Crippen LogP) is -4.09. The van der Waals surface area contributed by atoms with Gasteiger partial charge < -0.3 is 49.1 Å². The minimum atomic E-state index is -1.81. The van der Waals surface area contributed by atoms with Gasteiger partial charge in [0.05, 0.1) is 18.9 Å². The summed E-state index contributed by atoms with van der Waals surface area (Å²) in [6.07, 6.45) is -1.04. The summed E-state index contributed by atoms with van der Waals surface area (Å²) >= 11 is 0. The lowest BCUT2D eigenvalue weighted by molar-refractivity contribution is -0.147. The predicted molar refractivity (Wildman–Crippen MR) is 122 cm³/mol. The van der Waals surface area contributed by atoms with Gasteiger partial charge in [0.1, 0.15) is 18.1 Å². The zero-order valence-electron chi connectivity index (χ0n) is 19.5. The summed E-state index contributed by atoms with van der Waals surface area (Å²) < 4.78 is 0. The number of carbonyl (C=O) groups is 6. The Kier molecular flexibility index (Phi) is 13.4. The van der Waals surface area contributed by atoms with Gasteiger partial charge in [-0.05, 0) is 18.8 Å². The number of guanidine groups is 1. The fourth-order valence-electron chi connectivity index (χ4n) is 2.76. The number of carboxylic acids is 2. The molecule has 0 bridgehead atoms. The quantitative estimate of drug-likeness (QED) is 0.0555. The molecule has 0 aliphatic rings. The van der Waals surface area contributed by atoms with Crippen LogP contribution in [-0.4, -0.2) is 82.5 Å². The molecule has 198 valence electrons. The molecule has 13 N–H and O–H groups in total. The summed E-state index contributed by atoms with van der Waals surface area (Å²) in [5.41, 5.74) is 21.4. The maximum Gasteiger partial charge on any atom is 0.326 e. The second-order valence-electron chi connectivity index (χ2n) is 8.01. The first-order valence-electron chi connectivity index (χ1n) is 10.6. The van der Waals surface area contributed by atoms with Crippen molar-refractivity contribution in [1.29, 1.82) is 0 Å². The molecule has 35 heavy (non-hydrogen) atoms. The molecule has 4 amide bonds. The Hall–Kier alpha value is -3.95. The number of primary amides is 1. The first-order chi connectivity index (χ1) is 16.1. The highest BCUT2D eigenvalue weighted by Crippen LogP contribution is 2.06. The van der Waals surface area contributed by atoms with Crippen LogP contribution in [0.4, 0.5) is 0 Å². The molecular formula is C19H34N8O8. The average molecular weight is 503 g/mol. The molecule has 4 atom stereocenters. The summed E-state index contributed by atoms with van der Waals surface area (Å²) in [4.78, 5) is 75.0. The largest absolute Gasteiger partial charge is 0.481 e. The van der Waals surface area contributed by atoms with E-state index in [0.717, 1.165) is 0 Å². The number of aliphatic carboxylic acids is 2. The number of nitrogens with one attached hydrogen (secondary N) is 3. The molecule has 0 saturated carbocycles. The van der Waals surface area contributed by atoms with Crippen LogP contribution in [0, 0.1) is 5.92 Å². The molecule has 0 aliphatic heterocycles. The third-order valence-corrected chi connectivity index (χ3v) is 4.58. The Morgan fingerprint density at radius 1 is 0.829 bits per heavy atom. The molecule has 0 aromatic heterocycles. The standard InChI is InChI=1S/C19H34N8O8/c1-8(2)14(27-15(31)9(20)4-3-5-24-19(22)23)17(33)25-10(6-12(21)28)16(32)26-11(18(34)35)7-13(29)30/h8-11,14H,3-7,20H2,1-2H3,(H2,21,28)(H,25,33)(H,26,32)(H,27,31)(H,29,30)(H,34,35)(H4,22,23,24). The molecule has 0 heterocycles. The minimum Gasteiger partial charge on any atom is -0.481 e. The molecular weight excluding hydrogens is 468 g/mol. The van der Waals surface area contributed by atoms with Crippen molar-refractivity contribution in [3.05, 3.63) is 0 Å². The first kappa shape index (κ1) is 31.0. The smallest absolute Gasteiger partial charge is 0.326 e. The monoisotopic (exact) mass is 502 g/mol. The number of hydrogen-bond acceptors (Lipinski definition) is 8. The number of nitrogens with zero attached hydrogens (tertiary/aromatic N) is 1. The van der Waals surface area contributed by atoms with Crippen LogP contribution in [0.2, 0.25) is 0 Å². The molecule has 16 nitrogen and oxygen atoms in total. The van der Waals surface area contributed by atoms with Crippen LogP contribution in [0.1, 0.15) is 39.5 Å². The lowest BCUT2D eigenvalue weighted by Crippen LogP contribution is -2.59. The lowest BCUT2D eigenvalue weighted by atomic mass is 10.0. The number of nitrogens with two attached hydrogens (primary N) is 4. The highest BCUT2D eigenvalue weighted by molar-refractivity contribution is 5.96. The topological polar surface area (TPSA) is 295 Å². The zero-order chi connectivity index (χ0) is 27.3. The van der Waals surface area contributed by atoms with Crippen LogP contribution >= 0.6 is 0 Å². The Morgan fingerprint density at radius 3 is 1.86 bits per heavy atom. The zero-order valence-corrected chi connectivity index (χ0v) is 19.5. The summed E-state index contributed by atoms with van der Waals surface area (Å²) in [5, 5.41) is 24.6. The van der Waals surface area contributed by atoms with E-state index >= 15 is 0 Å². The van der Waals surface area contributed by atoms with Gasteiger partial charge in [0.15, 0.2) is 5.96 Å². The van der Waals surface area contributed by atoms with Gasteiger partial charge in [0, 0.05) is 6.54 Å². The van der Waals surface area contributed by atoms with E-state index < -0.39 is 78.5 Å². The maximum atomic E-state index is 12.8. The number of carbonyl (C=O) groups excluding carboxylic acids is 4. The van der Waals surface area contributed by atoms with Crippen LogP contribution in [0.25, 0.3) is 0 Å². The van der Waals surface area contributed by atoms with Crippen molar-refractivity contribution < 1.29 is 39.0 Å². The van der Waals surface area contributed by atoms with E-state index in [1.165, 1.54) is 0 Å². The van der Waals surface area contributed by atoms with Crippen molar-refractivity contribution in [3.63, 3.8) is 0 Å².